The van der Waals surface area contributed by atoms with E-state index in [0.29, 0.717) is 5.92 Å². The molecule has 0 saturated carbocycles. The van der Waals surface area contributed by atoms with E-state index in [-0.39, 0.29) is 5.56 Å². The molecule has 1 atom stereocenters. The van der Waals surface area contributed by atoms with Crippen molar-refractivity contribution >= 4 is 22.8 Å². The number of aliphatic carboxylic acids is 1. The molecular weight excluding hydrogens is 380 g/mol. The number of benzene rings is 2. The summed E-state index contributed by atoms with van der Waals surface area (Å²) in [5.41, 5.74) is 2.98. The van der Waals surface area contributed by atoms with Gasteiger partial charge in [-0.25, -0.2) is 4.79 Å². The van der Waals surface area contributed by atoms with Gasteiger partial charge in [-0.05, 0) is 56.0 Å². The number of hydrogen-bond donors (Lipinski definition) is 2. The number of piperidine rings is 1. The van der Waals surface area contributed by atoms with Gasteiger partial charge in [0.05, 0.1) is 5.56 Å². The number of likely N-dealkylation sites (tertiary alicyclic amines) is 1. The molecule has 30 heavy (non-hydrogen) atoms. The number of aryl methyl sites for hydroxylation is 1. The summed E-state index contributed by atoms with van der Waals surface area (Å²) in [7, 11) is 1.82. The Kier molecular flexibility index (Phi) is 5.59. The van der Waals surface area contributed by atoms with Gasteiger partial charge in [0.25, 0.3) is 0 Å². The molecule has 3 aromatic rings. The zero-order valence-corrected chi connectivity index (χ0v) is 17.0. The number of rotatable bonds is 6. The van der Waals surface area contributed by atoms with E-state index in [9.17, 15) is 19.8 Å². The molecule has 1 aliphatic heterocycles. The van der Waals surface area contributed by atoms with Crippen molar-refractivity contribution in [2.75, 3.05) is 13.1 Å². The van der Waals surface area contributed by atoms with E-state index < -0.39 is 18.0 Å². The molecule has 0 radical (unpaired) electrons. The fourth-order valence-corrected chi connectivity index (χ4v) is 4.61. The van der Waals surface area contributed by atoms with Gasteiger partial charge in [0.2, 0.25) is 0 Å². The summed E-state index contributed by atoms with van der Waals surface area (Å²) in [6.45, 7) is 1.47. The number of aromatic nitrogens is 1. The molecule has 1 aromatic heterocycles. The molecule has 2 N–H and O–H groups in total. The Morgan fingerprint density at radius 1 is 1.07 bits per heavy atom. The molecule has 1 saturated heterocycles. The number of nitrogens with zero attached hydrogens (tertiary/aromatic N) is 2. The monoisotopic (exact) mass is 406 g/mol. The molecule has 6 nitrogen and oxygen atoms in total. The predicted molar refractivity (Wildman–Crippen MR) is 115 cm³/mol. The molecule has 1 fully saturated rings. The first-order valence-electron chi connectivity index (χ1n) is 10.3. The summed E-state index contributed by atoms with van der Waals surface area (Å²) < 4.78 is 1.81. The van der Waals surface area contributed by atoms with Crippen LogP contribution in [0.3, 0.4) is 0 Å². The maximum atomic E-state index is 12.3. The predicted octanol–water partition coefficient (Wildman–Crippen LogP) is 3.96. The molecule has 156 valence electrons. The largest absolute Gasteiger partial charge is 0.480 e. The van der Waals surface area contributed by atoms with Gasteiger partial charge >= 0.3 is 11.9 Å². The van der Waals surface area contributed by atoms with Crippen LogP contribution < -0.4 is 0 Å². The highest BCUT2D eigenvalue weighted by molar-refractivity contribution is 5.96. The van der Waals surface area contributed by atoms with Crippen LogP contribution in [0, 0.1) is 5.92 Å². The van der Waals surface area contributed by atoms with Gasteiger partial charge in [0.1, 0.15) is 6.04 Å². The molecule has 1 aliphatic rings. The molecule has 0 unspecified atom stereocenters. The zero-order chi connectivity index (χ0) is 21.3. The smallest absolute Gasteiger partial charge is 0.335 e. The Labute approximate surface area is 175 Å². The zero-order valence-electron chi connectivity index (χ0n) is 17.0. The highest BCUT2D eigenvalue weighted by Crippen LogP contribution is 2.34. The lowest BCUT2D eigenvalue weighted by molar-refractivity contribution is -0.144. The molecule has 2 aromatic carbocycles. The summed E-state index contributed by atoms with van der Waals surface area (Å²) in [5, 5.41) is 20.1. The van der Waals surface area contributed by atoms with Gasteiger partial charge in [-0.1, -0.05) is 36.4 Å². The Bertz CT molecular complexity index is 1070. The molecule has 0 spiro atoms. The fraction of sp³-hybridized carbons (Fsp3) is 0.333. The van der Waals surface area contributed by atoms with Gasteiger partial charge in [0.15, 0.2) is 0 Å². The molecule has 0 aliphatic carbocycles. The van der Waals surface area contributed by atoms with Crippen molar-refractivity contribution in [1.29, 1.82) is 0 Å². The van der Waals surface area contributed by atoms with Crippen molar-refractivity contribution in [2.45, 2.75) is 25.3 Å². The highest BCUT2D eigenvalue weighted by atomic mass is 16.4. The normalized spacial score (nSPS) is 16.6. The molecule has 4 rings (SSSR count). The number of carboxylic acid groups (broad SMARTS) is 2. The van der Waals surface area contributed by atoms with E-state index in [1.165, 1.54) is 5.56 Å². The van der Waals surface area contributed by atoms with Gasteiger partial charge in [-0.2, -0.15) is 0 Å². The number of aromatic carboxylic acids is 1. The van der Waals surface area contributed by atoms with Crippen LogP contribution in [0.4, 0.5) is 0 Å². The molecular formula is C24H26N2O4. The van der Waals surface area contributed by atoms with Crippen LogP contribution in [0.1, 0.15) is 40.4 Å². The third kappa shape index (κ3) is 3.96. The van der Waals surface area contributed by atoms with Crippen molar-refractivity contribution in [1.82, 2.24) is 9.47 Å². The number of carboxylic acids is 2. The van der Waals surface area contributed by atoms with E-state index in [1.54, 1.807) is 18.2 Å². The maximum absolute atomic E-state index is 12.3. The summed E-state index contributed by atoms with van der Waals surface area (Å²) in [6, 6.07) is 14.6. The minimum atomic E-state index is -0.991. The third-order valence-corrected chi connectivity index (χ3v) is 6.18. The van der Waals surface area contributed by atoms with E-state index >= 15 is 0 Å². The summed E-state index contributed by atoms with van der Waals surface area (Å²) in [4.78, 5) is 25.6. The molecule has 0 bridgehead atoms. The summed E-state index contributed by atoms with van der Waals surface area (Å²) >= 11 is 0. The van der Waals surface area contributed by atoms with Crippen molar-refractivity contribution < 1.29 is 19.8 Å². The van der Waals surface area contributed by atoms with Crippen molar-refractivity contribution in [3.63, 3.8) is 0 Å². The quantitative estimate of drug-likeness (QED) is 0.648. The highest BCUT2D eigenvalue weighted by Gasteiger charge is 2.33. The second-order valence-electron chi connectivity index (χ2n) is 8.14. The standard InChI is InChI=1S/C24H26N2O4/c1-25-15-20(19-8-7-18(23(27)28)14-21(19)25)22(24(29)30)26-11-9-17(10-12-26)13-16-5-3-2-4-6-16/h2-8,14-15,17,22H,9-13H2,1H3,(H,27,28)(H,29,30)/t22-/m1/s1. The first kappa shape index (κ1) is 20.2. The number of hydrogen-bond acceptors (Lipinski definition) is 3. The minimum absolute atomic E-state index is 0.198. The van der Waals surface area contributed by atoms with Crippen LogP contribution in [0.15, 0.2) is 54.7 Å². The van der Waals surface area contributed by atoms with E-state index in [1.807, 2.05) is 28.8 Å². The van der Waals surface area contributed by atoms with Gasteiger partial charge in [-0.3, -0.25) is 9.69 Å². The van der Waals surface area contributed by atoms with Crippen LogP contribution in [-0.4, -0.2) is 44.7 Å². The van der Waals surface area contributed by atoms with Crippen molar-refractivity contribution in [3.05, 3.63) is 71.4 Å². The second kappa shape index (κ2) is 8.32. The van der Waals surface area contributed by atoms with Crippen LogP contribution >= 0.6 is 0 Å². The van der Waals surface area contributed by atoms with E-state index in [2.05, 4.69) is 24.3 Å². The Morgan fingerprint density at radius 2 is 1.77 bits per heavy atom. The van der Waals surface area contributed by atoms with Crippen molar-refractivity contribution in [3.8, 4) is 0 Å². The average Bonchev–Trinajstić information content (AvgIpc) is 3.05. The Balaban J connectivity index is 1.55. The number of fused-ring (bicyclic) bond motifs is 1. The molecule has 2 heterocycles. The van der Waals surface area contributed by atoms with E-state index in [0.717, 1.165) is 48.8 Å². The van der Waals surface area contributed by atoms with Crippen LogP contribution in [-0.2, 0) is 18.3 Å². The molecule has 0 amide bonds. The molecule has 6 heteroatoms. The summed E-state index contributed by atoms with van der Waals surface area (Å²) in [6.07, 6.45) is 4.78. The maximum Gasteiger partial charge on any atom is 0.335 e. The topological polar surface area (TPSA) is 82.8 Å². The second-order valence-corrected chi connectivity index (χ2v) is 8.14. The first-order valence-corrected chi connectivity index (χ1v) is 10.3. The Hall–Kier alpha value is -3.12. The van der Waals surface area contributed by atoms with Gasteiger partial charge in [0, 0.05) is 29.7 Å². The average molecular weight is 406 g/mol. The SMILES string of the molecule is Cn1cc([C@H](C(=O)O)N2CCC(Cc3ccccc3)CC2)c2ccc(C(=O)O)cc21. The Morgan fingerprint density at radius 3 is 2.40 bits per heavy atom. The van der Waals surface area contributed by atoms with Crippen molar-refractivity contribution in [2.24, 2.45) is 13.0 Å². The lowest BCUT2D eigenvalue weighted by atomic mass is 9.89. The minimum Gasteiger partial charge on any atom is -0.480 e. The van der Waals surface area contributed by atoms with Crippen LogP contribution in [0.25, 0.3) is 10.9 Å². The van der Waals surface area contributed by atoms with Gasteiger partial charge in [-0.15, -0.1) is 0 Å². The third-order valence-electron chi connectivity index (χ3n) is 6.18. The summed E-state index contributed by atoms with van der Waals surface area (Å²) in [5.74, 6) is -1.30. The lowest BCUT2D eigenvalue weighted by Crippen LogP contribution is -2.40. The fourth-order valence-electron chi connectivity index (χ4n) is 4.61. The van der Waals surface area contributed by atoms with Crippen LogP contribution in [0.2, 0.25) is 0 Å². The lowest BCUT2D eigenvalue weighted by Gasteiger charge is -2.35. The van der Waals surface area contributed by atoms with E-state index in [4.69, 9.17) is 0 Å². The first-order chi connectivity index (χ1) is 14.4. The number of carbonyl (C=O) groups is 2. The van der Waals surface area contributed by atoms with Gasteiger partial charge < -0.3 is 14.8 Å². The van der Waals surface area contributed by atoms with Crippen LogP contribution in [0.5, 0.6) is 0 Å².